The Hall–Kier alpha value is -1.15. The first kappa shape index (κ1) is 15.2. The van der Waals surface area contributed by atoms with E-state index < -0.39 is 10.0 Å². The summed E-state index contributed by atoms with van der Waals surface area (Å²) in [5, 5.41) is 2.68. The van der Waals surface area contributed by atoms with Gasteiger partial charge in [0.1, 0.15) is 0 Å². The minimum atomic E-state index is -3.16. The highest BCUT2D eigenvalue weighted by atomic mass is 32.2. The molecule has 0 atom stereocenters. The van der Waals surface area contributed by atoms with E-state index in [1.54, 1.807) is 11.8 Å². The lowest BCUT2D eigenvalue weighted by atomic mass is 9.96. The molecular formula is C12H21N3O4S. The van der Waals surface area contributed by atoms with Gasteiger partial charge in [-0.1, -0.05) is 0 Å². The third kappa shape index (κ3) is 3.29. The van der Waals surface area contributed by atoms with Gasteiger partial charge in [-0.2, -0.15) is 0 Å². The fraction of sp³-hybridized carbons (Fsp3) is 0.833. The summed E-state index contributed by atoms with van der Waals surface area (Å²) in [6, 6.07) is 0. The molecule has 0 aromatic carbocycles. The van der Waals surface area contributed by atoms with Crippen molar-refractivity contribution in [2.45, 2.75) is 19.8 Å². The maximum atomic E-state index is 12.3. The lowest BCUT2D eigenvalue weighted by molar-refractivity contribution is -0.142. The van der Waals surface area contributed by atoms with E-state index in [0.717, 1.165) is 0 Å². The van der Waals surface area contributed by atoms with E-state index in [9.17, 15) is 18.0 Å². The SMILES string of the molecule is CCS(=O)(=O)N1CCC(C(=O)N2CCNC(=O)C2)CC1. The lowest BCUT2D eigenvalue weighted by Crippen LogP contribution is -2.53. The summed E-state index contributed by atoms with van der Waals surface area (Å²) >= 11 is 0. The topological polar surface area (TPSA) is 86.8 Å². The number of piperazine rings is 1. The number of rotatable bonds is 3. The Labute approximate surface area is 119 Å². The molecule has 114 valence electrons. The highest BCUT2D eigenvalue weighted by Gasteiger charge is 2.33. The number of amides is 2. The van der Waals surface area contributed by atoms with E-state index in [2.05, 4.69) is 5.32 Å². The van der Waals surface area contributed by atoms with Crippen molar-refractivity contribution in [1.29, 1.82) is 0 Å². The van der Waals surface area contributed by atoms with Gasteiger partial charge < -0.3 is 10.2 Å². The van der Waals surface area contributed by atoms with Gasteiger partial charge in [-0.05, 0) is 19.8 Å². The van der Waals surface area contributed by atoms with E-state index in [0.29, 0.717) is 39.0 Å². The second-order valence-corrected chi connectivity index (χ2v) is 7.44. The summed E-state index contributed by atoms with van der Waals surface area (Å²) < 4.78 is 25.0. The Bertz CT molecular complexity index is 483. The Morgan fingerprint density at radius 3 is 2.50 bits per heavy atom. The molecule has 0 aliphatic carbocycles. The predicted molar refractivity (Wildman–Crippen MR) is 73.3 cm³/mol. The minimum Gasteiger partial charge on any atom is -0.353 e. The molecule has 2 fully saturated rings. The first-order valence-electron chi connectivity index (χ1n) is 6.97. The lowest BCUT2D eigenvalue weighted by Gasteiger charge is -2.34. The molecule has 2 saturated heterocycles. The molecule has 2 rings (SSSR count). The molecular weight excluding hydrogens is 282 g/mol. The van der Waals surface area contributed by atoms with Crippen molar-refractivity contribution in [1.82, 2.24) is 14.5 Å². The molecule has 2 amide bonds. The molecule has 2 aliphatic rings. The maximum absolute atomic E-state index is 12.3. The Morgan fingerprint density at radius 2 is 1.95 bits per heavy atom. The fourth-order valence-electron chi connectivity index (χ4n) is 2.65. The summed E-state index contributed by atoms with van der Waals surface area (Å²) in [5.74, 6) is -0.217. The number of hydrogen-bond donors (Lipinski definition) is 1. The number of carbonyl (C=O) groups excluding carboxylic acids is 2. The van der Waals surface area contributed by atoms with Gasteiger partial charge in [-0.15, -0.1) is 0 Å². The molecule has 0 radical (unpaired) electrons. The summed E-state index contributed by atoms with van der Waals surface area (Å²) in [6.07, 6.45) is 1.08. The van der Waals surface area contributed by atoms with Gasteiger partial charge in [0.25, 0.3) is 0 Å². The molecule has 0 spiro atoms. The van der Waals surface area contributed by atoms with Gasteiger partial charge in [0.05, 0.1) is 12.3 Å². The summed E-state index contributed by atoms with van der Waals surface area (Å²) in [4.78, 5) is 25.2. The molecule has 20 heavy (non-hydrogen) atoms. The zero-order valence-corrected chi connectivity index (χ0v) is 12.5. The average Bonchev–Trinajstić information content (AvgIpc) is 2.46. The molecule has 1 N–H and O–H groups in total. The van der Waals surface area contributed by atoms with Crippen LogP contribution >= 0.6 is 0 Å². The standard InChI is InChI=1S/C12H21N3O4S/c1-2-20(18,19)15-6-3-10(4-7-15)12(17)14-8-5-13-11(16)9-14/h10H,2-9H2,1H3,(H,13,16). The second kappa shape index (κ2) is 6.09. The normalized spacial score (nSPS) is 22.6. The number of nitrogens with zero attached hydrogens (tertiary/aromatic N) is 2. The van der Waals surface area contributed by atoms with Crippen molar-refractivity contribution in [2.24, 2.45) is 5.92 Å². The van der Waals surface area contributed by atoms with E-state index in [1.807, 2.05) is 0 Å². The van der Waals surface area contributed by atoms with E-state index >= 15 is 0 Å². The Balaban J connectivity index is 1.90. The van der Waals surface area contributed by atoms with Gasteiger partial charge in [0, 0.05) is 32.1 Å². The van der Waals surface area contributed by atoms with Crippen LogP contribution in [0.3, 0.4) is 0 Å². The van der Waals surface area contributed by atoms with Gasteiger partial charge in [0.2, 0.25) is 21.8 Å². The number of sulfonamides is 1. The molecule has 0 saturated carbocycles. The zero-order valence-electron chi connectivity index (χ0n) is 11.7. The largest absolute Gasteiger partial charge is 0.353 e. The first-order valence-corrected chi connectivity index (χ1v) is 8.58. The number of piperidine rings is 1. The van der Waals surface area contributed by atoms with Gasteiger partial charge in [-0.25, -0.2) is 12.7 Å². The molecule has 7 nitrogen and oxygen atoms in total. The molecule has 0 bridgehead atoms. The minimum absolute atomic E-state index is 0.0200. The van der Waals surface area contributed by atoms with E-state index in [-0.39, 0.29) is 30.0 Å². The fourth-order valence-corrected chi connectivity index (χ4v) is 3.78. The van der Waals surface area contributed by atoms with Crippen molar-refractivity contribution in [2.75, 3.05) is 38.5 Å². The van der Waals surface area contributed by atoms with Crippen LogP contribution in [-0.2, 0) is 19.6 Å². The monoisotopic (exact) mass is 303 g/mol. The van der Waals surface area contributed by atoms with Crippen LogP contribution in [0.4, 0.5) is 0 Å². The van der Waals surface area contributed by atoms with Crippen molar-refractivity contribution < 1.29 is 18.0 Å². The molecule has 2 heterocycles. The summed E-state index contributed by atoms with van der Waals surface area (Å²) in [7, 11) is -3.16. The zero-order chi connectivity index (χ0) is 14.8. The highest BCUT2D eigenvalue weighted by molar-refractivity contribution is 7.89. The van der Waals surface area contributed by atoms with E-state index in [1.165, 1.54) is 4.31 Å². The predicted octanol–water partition coefficient (Wildman–Crippen LogP) is -0.993. The van der Waals surface area contributed by atoms with Gasteiger partial charge in [-0.3, -0.25) is 9.59 Å². The number of carbonyl (C=O) groups is 2. The van der Waals surface area contributed by atoms with Crippen LogP contribution in [0, 0.1) is 5.92 Å². The summed E-state index contributed by atoms with van der Waals surface area (Å²) in [6.45, 7) is 3.57. The third-order valence-electron chi connectivity index (χ3n) is 3.91. The van der Waals surface area contributed by atoms with Crippen molar-refractivity contribution in [3.8, 4) is 0 Å². The average molecular weight is 303 g/mol. The van der Waals surface area contributed by atoms with Crippen LogP contribution < -0.4 is 5.32 Å². The van der Waals surface area contributed by atoms with E-state index in [4.69, 9.17) is 0 Å². The van der Waals surface area contributed by atoms with Gasteiger partial charge >= 0.3 is 0 Å². The van der Waals surface area contributed by atoms with Crippen LogP contribution in [0.2, 0.25) is 0 Å². The number of nitrogens with one attached hydrogen (secondary N) is 1. The molecule has 0 unspecified atom stereocenters. The van der Waals surface area contributed by atoms with Crippen molar-refractivity contribution in [3.63, 3.8) is 0 Å². The van der Waals surface area contributed by atoms with Crippen LogP contribution in [-0.4, -0.2) is 67.9 Å². The molecule has 0 aromatic rings. The molecule has 0 aromatic heterocycles. The quantitative estimate of drug-likeness (QED) is 0.725. The maximum Gasteiger partial charge on any atom is 0.239 e. The smallest absolute Gasteiger partial charge is 0.239 e. The van der Waals surface area contributed by atoms with Crippen LogP contribution in [0.25, 0.3) is 0 Å². The Morgan fingerprint density at radius 1 is 1.30 bits per heavy atom. The Kier molecular flexibility index (Phi) is 4.64. The molecule has 8 heteroatoms. The first-order chi connectivity index (χ1) is 9.44. The van der Waals surface area contributed by atoms with Crippen LogP contribution in [0.5, 0.6) is 0 Å². The van der Waals surface area contributed by atoms with Crippen molar-refractivity contribution >= 4 is 21.8 Å². The summed E-state index contributed by atoms with van der Waals surface area (Å²) in [5.41, 5.74) is 0. The van der Waals surface area contributed by atoms with Gasteiger partial charge in [0.15, 0.2) is 0 Å². The van der Waals surface area contributed by atoms with Crippen LogP contribution in [0.15, 0.2) is 0 Å². The highest BCUT2D eigenvalue weighted by Crippen LogP contribution is 2.22. The van der Waals surface area contributed by atoms with Crippen molar-refractivity contribution in [3.05, 3.63) is 0 Å². The number of hydrogen-bond acceptors (Lipinski definition) is 4. The molecule has 2 aliphatic heterocycles. The third-order valence-corrected chi connectivity index (χ3v) is 5.79. The second-order valence-electron chi connectivity index (χ2n) is 5.18. The van der Waals surface area contributed by atoms with Crippen LogP contribution in [0.1, 0.15) is 19.8 Å².